The van der Waals surface area contributed by atoms with Crippen molar-refractivity contribution in [2.45, 2.75) is 31.7 Å². The molecule has 0 aliphatic carbocycles. The summed E-state index contributed by atoms with van der Waals surface area (Å²) in [6.45, 7) is 0.658. The Kier molecular flexibility index (Phi) is 4.34. The molecule has 5 rings (SSSR count). The molecule has 1 aromatic carbocycles. The minimum Gasteiger partial charge on any atom is -0.334 e. The van der Waals surface area contributed by atoms with Crippen LogP contribution in [0.5, 0.6) is 0 Å². The molecule has 0 radical (unpaired) electrons. The molecule has 1 amide bonds. The van der Waals surface area contributed by atoms with E-state index < -0.39 is 0 Å². The van der Waals surface area contributed by atoms with Crippen molar-refractivity contribution in [3.8, 4) is 11.5 Å². The largest absolute Gasteiger partial charge is 0.334 e. The second kappa shape index (κ2) is 7.16. The smallest absolute Gasteiger partial charge is 0.261 e. The zero-order chi connectivity index (χ0) is 19.8. The van der Waals surface area contributed by atoms with E-state index in [0.29, 0.717) is 23.8 Å². The summed E-state index contributed by atoms with van der Waals surface area (Å²) in [4.78, 5) is 20.0. The number of amides is 1. The highest BCUT2D eigenvalue weighted by molar-refractivity contribution is 6.05. The number of rotatable bonds is 3. The van der Waals surface area contributed by atoms with Crippen LogP contribution in [-0.2, 0) is 7.05 Å². The van der Waals surface area contributed by atoms with Gasteiger partial charge in [0, 0.05) is 25.2 Å². The highest BCUT2D eigenvalue weighted by atomic mass is 16.5. The van der Waals surface area contributed by atoms with Gasteiger partial charge >= 0.3 is 0 Å². The Balaban J connectivity index is 1.50. The van der Waals surface area contributed by atoms with Crippen LogP contribution in [0.1, 0.15) is 47.9 Å². The molecule has 9 nitrogen and oxygen atoms in total. The first-order valence-electron chi connectivity index (χ1n) is 9.76. The first-order valence-corrected chi connectivity index (χ1v) is 9.76. The molecule has 1 N–H and O–H groups in total. The van der Waals surface area contributed by atoms with Crippen LogP contribution in [0.25, 0.3) is 22.4 Å². The maximum Gasteiger partial charge on any atom is 0.261 e. The molecule has 0 unspecified atom stereocenters. The van der Waals surface area contributed by atoms with E-state index in [-0.39, 0.29) is 11.9 Å². The van der Waals surface area contributed by atoms with Gasteiger partial charge in [-0.3, -0.25) is 14.6 Å². The monoisotopic (exact) mass is 391 g/mol. The minimum atomic E-state index is -0.225. The van der Waals surface area contributed by atoms with Gasteiger partial charge in [0.25, 0.3) is 11.8 Å². The van der Waals surface area contributed by atoms with Gasteiger partial charge in [-0.15, -0.1) is 0 Å². The molecule has 1 fully saturated rings. The molecule has 4 aromatic rings. The fourth-order valence-corrected chi connectivity index (χ4v) is 3.94. The molecule has 148 valence electrons. The molecule has 3 aromatic heterocycles. The Bertz CT molecular complexity index is 1160. The van der Waals surface area contributed by atoms with Gasteiger partial charge in [0.05, 0.1) is 35.1 Å². The Morgan fingerprint density at radius 3 is 3.03 bits per heavy atom. The standard InChI is InChI=1S/C20H21N7O2/c1-26-12-14(11-22-26)19-23-18(25-29-19)16-8-3-2-4-9-27(16)20(28)15-7-5-6-13-10-21-24-17(13)15/h5-7,10-12,16H,2-4,8-9H2,1H3,(H,21,24)/t16-/m0/s1. The second-order valence-corrected chi connectivity index (χ2v) is 7.36. The summed E-state index contributed by atoms with van der Waals surface area (Å²) >= 11 is 0. The number of aromatic nitrogens is 6. The molecule has 1 atom stereocenters. The fraction of sp³-hybridized carbons (Fsp3) is 0.350. The SMILES string of the molecule is Cn1cc(-c2nc([C@@H]3CCCCCN3C(=O)c3cccc4cn[nH]c34)no2)cn1. The zero-order valence-corrected chi connectivity index (χ0v) is 16.1. The maximum absolute atomic E-state index is 13.5. The van der Waals surface area contributed by atoms with Crippen LogP contribution in [0, 0.1) is 0 Å². The van der Waals surface area contributed by atoms with E-state index in [0.717, 1.165) is 42.1 Å². The number of nitrogens with zero attached hydrogens (tertiary/aromatic N) is 6. The second-order valence-electron chi connectivity index (χ2n) is 7.36. The number of aryl methyl sites for hydroxylation is 1. The van der Waals surface area contributed by atoms with Crippen LogP contribution in [0.2, 0.25) is 0 Å². The summed E-state index contributed by atoms with van der Waals surface area (Å²) in [5, 5.41) is 16.3. The maximum atomic E-state index is 13.5. The first kappa shape index (κ1) is 17.6. The van der Waals surface area contributed by atoms with Gasteiger partial charge < -0.3 is 9.42 Å². The van der Waals surface area contributed by atoms with Crippen LogP contribution >= 0.6 is 0 Å². The van der Waals surface area contributed by atoms with Crippen LogP contribution in [0.15, 0.2) is 41.3 Å². The number of benzene rings is 1. The van der Waals surface area contributed by atoms with Gasteiger partial charge in [-0.05, 0) is 18.9 Å². The number of para-hydroxylation sites is 1. The number of H-pyrrole nitrogens is 1. The molecule has 4 heterocycles. The quantitative estimate of drug-likeness (QED) is 0.575. The Labute approximate surface area is 166 Å². The van der Waals surface area contributed by atoms with Crippen molar-refractivity contribution in [2.24, 2.45) is 7.05 Å². The van der Waals surface area contributed by atoms with Crippen molar-refractivity contribution in [1.82, 2.24) is 35.0 Å². The third-order valence-electron chi connectivity index (χ3n) is 5.41. The van der Waals surface area contributed by atoms with Gasteiger partial charge in [-0.1, -0.05) is 30.1 Å². The third-order valence-corrected chi connectivity index (χ3v) is 5.41. The van der Waals surface area contributed by atoms with E-state index in [4.69, 9.17) is 4.52 Å². The molecule has 1 saturated heterocycles. The fourth-order valence-electron chi connectivity index (χ4n) is 3.94. The van der Waals surface area contributed by atoms with Crippen molar-refractivity contribution >= 4 is 16.8 Å². The normalized spacial score (nSPS) is 17.6. The summed E-state index contributed by atoms with van der Waals surface area (Å²) in [6, 6.07) is 5.43. The average Bonchev–Trinajstić information content (AvgIpc) is 3.45. The minimum absolute atomic E-state index is 0.0422. The number of likely N-dealkylation sites (tertiary alicyclic amines) is 1. The number of hydrogen-bond acceptors (Lipinski definition) is 6. The molecular weight excluding hydrogens is 370 g/mol. The number of nitrogens with one attached hydrogen (secondary N) is 1. The highest BCUT2D eigenvalue weighted by Gasteiger charge is 2.32. The highest BCUT2D eigenvalue weighted by Crippen LogP contribution is 2.32. The summed E-state index contributed by atoms with van der Waals surface area (Å²) in [6.07, 6.45) is 9.08. The van der Waals surface area contributed by atoms with Gasteiger partial charge in [-0.2, -0.15) is 15.2 Å². The number of hydrogen-bond donors (Lipinski definition) is 1. The summed E-state index contributed by atoms with van der Waals surface area (Å²) in [7, 11) is 1.84. The predicted octanol–water partition coefficient (Wildman–Crippen LogP) is 3.10. The lowest BCUT2D eigenvalue weighted by atomic mass is 10.1. The van der Waals surface area contributed by atoms with Gasteiger partial charge in [-0.25, -0.2) is 0 Å². The Morgan fingerprint density at radius 1 is 1.24 bits per heavy atom. The number of aromatic amines is 1. The molecule has 0 saturated carbocycles. The average molecular weight is 391 g/mol. The molecule has 0 bridgehead atoms. The van der Waals surface area contributed by atoms with Crippen molar-refractivity contribution in [1.29, 1.82) is 0 Å². The summed E-state index contributed by atoms with van der Waals surface area (Å²) in [5.74, 6) is 0.913. The van der Waals surface area contributed by atoms with E-state index in [1.807, 2.05) is 36.3 Å². The molecule has 9 heteroatoms. The van der Waals surface area contributed by atoms with E-state index in [1.54, 1.807) is 17.1 Å². The van der Waals surface area contributed by atoms with Crippen LogP contribution in [0.4, 0.5) is 0 Å². The Hall–Kier alpha value is -3.49. The number of carbonyl (C=O) groups is 1. The van der Waals surface area contributed by atoms with E-state index in [9.17, 15) is 4.79 Å². The molecule has 0 spiro atoms. The summed E-state index contributed by atoms with van der Waals surface area (Å²) < 4.78 is 7.17. The first-order chi connectivity index (χ1) is 14.2. The molecule has 29 heavy (non-hydrogen) atoms. The molecular formula is C20H21N7O2. The van der Waals surface area contributed by atoms with Crippen molar-refractivity contribution in [2.75, 3.05) is 6.54 Å². The number of fused-ring (bicyclic) bond motifs is 1. The Morgan fingerprint density at radius 2 is 2.17 bits per heavy atom. The lowest BCUT2D eigenvalue weighted by Crippen LogP contribution is -2.35. The lowest BCUT2D eigenvalue weighted by Gasteiger charge is -2.28. The van der Waals surface area contributed by atoms with Crippen LogP contribution in [-0.4, -0.2) is 47.5 Å². The number of carbonyl (C=O) groups excluding carboxylic acids is 1. The van der Waals surface area contributed by atoms with Crippen molar-refractivity contribution in [3.63, 3.8) is 0 Å². The zero-order valence-electron chi connectivity index (χ0n) is 16.1. The summed E-state index contributed by atoms with van der Waals surface area (Å²) in [5.41, 5.74) is 2.13. The van der Waals surface area contributed by atoms with Gasteiger partial charge in [0.2, 0.25) is 0 Å². The van der Waals surface area contributed by atoms with E-state index in [1.165, 1.54) is 0 Å². The van der Waals surface area contributed by atoms with Crippen LogP contribution < -0.4 is 0 Å². The van der Waals surface area contributed by atoms with Crippen molar-refractivity contribution in [3.05, 3.63) is 48.2 Å². The molecule has 1 aliphatic heterocycles. The lowest BCUT2D eigenvalue weighted by molar-refractivity contribution is 0.0672. The predicted molar refractivity (Wildman–Crippen MR) is 105 cm³/mol. The van der Waals surface area contributed by atoms with Gasteiger partial charge in [0.1, 0.15) is 0 Å². The molecule has 1 aliphatic rings. The van der Waals surface area contributed by atoms with Crippen LogP contribution in [0.3, 0.4) is 0 Å². The third kappa shape index (κ3) is 3.18. The van der Waals surface area contributed by atoms with Crippen molar-refractivity contribution < 1.29 is 9.32 Å². The van der Waals surface area contributed by atoms with E-state index >= 15 is 0 Å². The topological polar surface area (TPSA) is 106 Å². The van der Waals surface area contributed by atoms with E-state index in [2.05, 4.69) is 25.4 Å². The van der Waals surface area contributed by atoms with Gasteiger partial charge in [0.15, 0.2) is 5.82 Å².